The van der Waals surface area contributed by atoms with E-state index in [1.807, 2.05) is 57.2 Å². The number of anilines is 1. The average Bonchev–Trinajstić information content (AvgIpc) is 2.93. The Morgan fingerprint density at radius 1 is 0.905 bits per heavy atom. The van der Waals surface area contributed by atoms with E-state index in [1.54, 1.807) is 41.3 Å². The third-order valence-corrected chi connectivity index (χ3v) is 8.67. The second-order valence-corrected chi connectivity index (χ2v) is 13.6. The molecule has 0 aliphatic heterocycles. The van der Waals surface area contributed by atoms with Crippen LogP contribution < -0.4 is 9.62 Å². The molecule has 0 fully saturated rings. The zero-order chi connectivity index (χ0) is 30.9. The van der Waals surface area contributed by atoms with Crippen molar-refractivity contribution < 1.29 is 18.0 Å². The Labute approximate surface area is 259 Å². The van der Waals surface area contributed by atoms with Crippen molar-refractivity contribution in [1.29, 1.82) is 0 Å². The van der Waals surface area contributed by atoms with Gasteiger partial charge in [0, 0.05) is 32.5 Å². The van der Waals surface area contributed by atoms with E-state index in [2.05, 4.69) is 5.32 Å². The maximum absolute atomic E-state index is 13.9. The lowest BCUT2D eigenvalue weighted by atomic mass is 10.0. The summed E-state index contributed by atoms with van der Waals surface area (Å²) in [5, 5.41) is 3.75. The van der Waals surface area contributed by atoms with Crippen molar-refractivity contribution in [3.05, 3.63) is 99.5 Å². The predicted molar refractivity (Wildman–Crippen MR) is 171 cm³/mol. The Morgan fingerprint density at radius 2 is 1.62 bits per heavy atom. The van der Waals surface area contributed by atoms with Crippen LogP contribution in [0.15, 0.2) is 72.8 Å². The number of nitrogens with one attached hydrogen (secondary N) is 1. The highest BCUT2D eigenvalue weighted by Crippen LogP contribution is 2.25. The van der Waals surface area contributed by atoms with Gasteiger partial charge in [-0.2, -0.15) is 0 Å². The maximum atomic E-state index is 13.9. The van der Waals surface area contributed by atoms with Crippen molar-refractivity contribution >= 4 is 50.7 Å². The summed E-state index contributed by atoms with van der Waals surface area (Å²) in [6.45, 7) is 6.64. The molecular weight excluding hydrogens is 593 g/mol. The van der Waals surface area contributed by atoms with E-state index >= 15 is 0 Å². The van der Waals surface area contributed by atoms with Gasteiger partial charge in [-0.15, -0.1) is 0 Å². The molecule has 0 saturated carbocycles. The molecule has 0 saturated heterocycles. The molecule has 2 amide bonds. The van der Waals surface area contributed by atoms with E-state index in [9.17, 15) is 18.0 Å². The van der Waals surface area contributed by atoms with Gasteiger partial charge in [-0.25, -0.2) is 8.42 Å². The molecule has 1 N–H and O–H groups in total. The van der Waals surface area contributed by atoms with Crippen LogP contribution in [0.5, 0.6) is 0 Å². The molecule has 1 unspecified atom stereocenters. The first-order valence-corrected chi connectivity index (χ1v) is 16.5. The number of aryl methyl sites for hydroxylation is 1. The summed E-state index contributed by atoms with van der Waals surface area (Å²) >= 11 is 12.4. The minimum atomic E-state index is -3.58. The third kappa shape index (κ3) is 10.0. The van der Waals surface area contributed by atoms with Crippen molar-refractivity contribution in [2.45, 2.75) is 52.6 Å². The summed E-state index contributed by atoms with van der Waals surface area (Å²) in [5.74, 6) is -0.285. The van der Waals surface area contributed by atoms with E-state index < -0.39 is 16.1 Å². The Hall–Kier alpha value is -3.07. The first kappa shape index (κ1) is 33.4. The number of carbonyl (C=O) groups is 2. The fourth-order valence-electron chi connectivity index (χ4n) is 4.60. The van der Waals surface area contributed by atoms with Crippen molar-refractivity contribution in [2.75, 3.05) is 23.7 Å². The molecule has 3 rings (SSSR count). The minimum absolute atomic E-state index is 0.0436. The number of hydrogen-bond acceptors (Lipinski definition) is 4. The van der Waals surface area contributed by atoms with E-state index in [0.29, 0.717) is 28.7 Å². The SMILES string of the molecule is Cc1cccc(N(CCCC(=O)N(Cc2ccc(Cl)c(Cl)c2)C(Cc2ccccc2)C(=O)NCC(C)C)S(C)(=O)=O)c1. The quantitative estimate of drug-likeness (QED) is 0.227. The summed E-state index contributed by atoms with van der Waals surface area (Å²) in [7, 11) is -3.58. The van der Waals surface area contributed by atoms with Crippen LogP contribution in [0.25, 0.3) is 0 Å². The lowest BCUT2D eigenvalue weighted by Crippen LogP contribution is -2.51. The van der Waals surface area contributed by atoms with Crippen LogP contribution in [-0.4, -0.2) is 50.5 Å². The number of benzene rings is 3. The lowest BCUT2D eigenvalue weighted by Gasteiger charge is -2.32. The molecule has 3 aromatic carbocycles. The molecule has 42 heavy (non-hydrogen) atoms. The van der Waals surface area contributed by atoms with Gasteiger partial charge in [-0.05, 0) is 60.2 Å². The normalized spacial score (nSPS) is 12.2. The number of hydrogen-bond donors (Lipinski definition) is 1. The van der Waals surface area contributed by atoms with Crippen molar-refractivity contribution in [2.24, 2.45) is 5.92 Å². The molecule has 7 nitrogen and oxygen atoms in total. The van der Waals surface area contributed by atoms with E-state index in [1.165, 1.54) is 4.31 Å². The molecule has 1 atom stereocenters. The van der Waals surface area contributed by atoms with Crippen molar-refractivity contribution in [3.63, 3.8) is 0 Å². The van der Waals surface area contributed by atoms with Gasteiger partial charge in [0.15, 0.2) is 0 Å². The lowest BCUT2D eigenvalue weighted by molar-refractivity contribution is -0.141. The average molecular weight is 633 g/mol. The molecule has 0 aliphatic carbocycles. The van der Waals surface area contributed by atoms with Crippen LogP contribution in [0.1, 0.15) is 43.4 Å². The summed E-state index contributed by atoms with van der Waals surface area (Å²) in [6, 6.07) is 21.1. The van der Waals surface area contributed by atoms with Crippen LogP contribution in [0.2, 0.25) is 10.0 Å². The zero-order valence-corrected chi connectivity index (χ0v) is 26.8. The van der Waals surface area contributed by atoms with Gasteiger partial charge in [0.05, 0.1) is 22.0 Å². The fraction of sp³-hybridized carbons (Fsp3) is 0.375. The molecule has 0 heterocycles. The molecule has 226 valence electrons. The first-order valence-electron chi connectivity index (χ1n) is 13.9. The highest BCUT2D eigenvalue weighted by Gasteiger charge is 2.30. The maximum Gasteiger partial charge on any atom is 0.243 e. The van der Waals surface area contributed by atoms with Gasteiger partial charge < -0.3 is 10.2 Å². The Kier molecular flexibility index (Phi) is 12.3. The number of amides is 2. The number of rotatable bonds is 14. The smallest absolute Gasteiger partial charge is 0.243 e. The van der Waals surface area contributed by atoms with Crippen LogP contribution >= 0.6 is 23.2 Å². The Bertz CT molecular complexity index is 1470. The largest absolute Gasteiger partial charge is 0.354 e. The number of sulfonamides is 1. The monoisotopic (exact) mass is 631 g/mol. The van der Waals surface area contributed by atoms with Crippen LogP contribution in [0.3, 0.4) is 0 Å². The van der Waals surface area contributed by atoms with Crippen LogP contribution in [0.4, 0.5) is 5.69 Å². The van der Waals surface area contributed by atoms with Crippen LogP contribution in [0, 0.1) is 12.8 Å². The third-order valence-electron chi connectivity index (χ3n) is 6.73. The molecule has 10 heteroatoms. The van der Waals surface area contributed by atoms with Crippen molar-refractivity contribution in [3.8, 4) is 0 Å². The molecule has 3 aromatic rings. The molecule has 0 bridgehead atoms. The van der Waals surface area contributed by atoms with Gasteiger partial charge in [0.25, 0.3) is 0 Å². The number of halogens is 2. The summed E-state index contributed by atoms with van der Waals surface area (Å²) in [6.07, 6.45) is 1.78. The van der Waals surface area contributed by atoms with Gasteiger partial charge in [-0.3, -0.25) is 13.9 Å². The molecule has 0 aromatic heterocycles. The Balaban J connectivity index is 1.90. The van der Waals surface area contributed by atoms with Crippen molar-refractivity contribution in [1.82, 2.24) is 10.2 Å². The van der Waals surface area contributed by atoms with E-state index in [0.717, 1.165) is 22.9 Å². The highest BCUT2D eigenvalue weighted by molar-refractivity contribution is 7.92. The second kappa shape index (κ2) is 15.4. The van der Waals surface area contributed by atoms with Gasteiger partial charge in [0.2, 0.25) is 21.8 Å². The Morgan fingerprint density at radius 3 is 2.24 bits per heavy atom. The molecule has 0 radical (unpaired) electrons. The highest BCUT2D eigenvalue weighted by atomic mass is 35.5. The zero-order valence-electron chi connectivity index (χ0n) is 24.5. The minimum Gasteiger partial charge on any atom is -0.354 e. The van der Waals surface area contributed by atoms with E-state index in [-0.39, 0.29) is 43.7 Å². The number of nitrogens with zero attached hydrogens (tertiary/aromatic N) is 2. The standard InChI is InChI=1S/C32H39Cl2N3O4S/c1-23(2)21-35-32(39)30(20-25-11-6-5-7-12-25)36(22-26-15-16-28(33)29(34)19-26)31(38)14-9-17-37(42(4,40)41)27-13-8-10-24(3)18-27/h5-8,10-13,15-16,18-19,23,30H,9,14,17,20-22H2,1-4H3,(H,35,39). The van der Waals surface area contributed by atoms with Gasteiger partial charge in [-0.1, -0.05) is 85.6 Å². The number of carbonyl (C=O) groups excluding carboxylic acids is 2. The topological polar surface area (TPSA) is 86.8 Å². The predicted octanol–water partition coefficient (Wildman–Crippen LogP) is 6.26. The molecular formula is C32H39Cl2N3O4S. The summed E-state index contributed by atoms with van der Waals surface area (Å²) in [5.41, 5.74) is 3.12. The second-order valence-electron chi connectivity index (χ2n) is 10.9. The molecule has 0 aliphatic rings. The fourth-order valence-corrected chi connectivity index (χ4v) is 5.88. The van der Waals surface area contributed by atoms with E-state index in [4.69, 9.17) is 23.2 Å². The van der Waals surface area contributed by atoms with Gasteiger partial charge >= 0.3 is 0 Å². The van der Waals surface area contributed by atoms with Gasteiger partial charge in [0.1, 0.15) is 6.04 Å². The summed E-state index contributed by atoms with van der Waals surface area (Å²) < 4.78 is 26.6. The summed E-state index contributed by atoms with van der Waals surface area (Å²) in [4.78, 5) is 29.1. The van der Waals surface area contributed by atoms with Crippen LogP contribution in [-0.2, 0) is 32.6 Å². The first-order chi connectivity index (χ1) is 19.8. The molecule has 0 spiro atoms.